The first kappa shape index (κ1) is 22.6. The fraction of sp³-hybridized carbons (Fsp3) is 0.0800. The Bertz CT molecular complexity index is 1260. The predicted molar refractivity (Wildman–Crippen MR) is 131 cm³/mol. The Kier molecular flexibility index (Phi) is 7.12. The second-order valence-electron chi connectivity index (χ2n) is 6.94. The second kappa shape index (κ2) is 10.4. The first-order chi connectivity index (χ1) is 16.0. The van der Waals surface area contributed by atoms with Gasteiger partial charge in [-0.25, -0.2) is 0 Å². The first-order valence-corrected chi connectivity index (χ1v) is 11.2. The molecule has 0 unspecified atom stereocenters. The maximum Gasteiger partial charge on any atom is 0.279 e. The van der Waals surface area contributed by atoms with Gasteiger partial charge in [0.1, 0.15) is 6.61 Å². The molecule has 2 amide bonds. The van der Waals surface area contributed by atoms with Crippen LogP contribution < -0.4 is 14.8 Å². The Labute approximate surface area is 200 Å². The zero-order valence-electron chi connectivity index (χ0n) is 17.6. The summed E-state index contributed by atoms with van der Waals surface area (Å²) >= 11 is 7.29. The average Bonchev–Trinajstić information content (AvgIpc) is 3.17. The van der Waals surface area contributed by atoms with Crippen molar-refractivity contribution in [1.29, 1.82) is 0 Å². The van der Waals surface area contributed by atoms with Gasteiger partial charge in [0, 0.05) is 16.1 Å². The van der Waals surface area contributed by atoms with Gasteiger partial charge in [-0.2, -0.15) is 4.99 Å². The summed E-state index contributed by atoms with van der Waals surface area (Å²) in [4.78, 5) is 29.1. The number of benzene rings is 3. The zero-order chi connectivity index (χ0) is 23.2. The van der Waals surface area contributed by atoms with E-state index in [4.69, 9.17) is 21.1 Å². The molecule has 8 heteroatoms. The highest BCUT2D eigenvalue weighted by atomic mass is 35.5. The fourth-order valence-electron chi connectivity index (χ4n) is 3.03. The molecule has 1 N–H and O–H groups in total. The number of carbonyl (C=O) groups is 2. The highest BCUT2D eigenvalue weighted by molar-refractivity contribution is 8.18. The van der Waals surface area contributed by atoms with Crippen LogP contribution in [0.3, 0.4) is 0 Å². The molecule has 0 aliphatic carbocycles. The van der Waals surface area contributed by atoms with Crippen LogP contribution in [0.5, 0.6) is 11.5 Å². The molecule has 1 aliphatic heterocycles. The van der Waals surface area contributed by atoms with Crippen LogP contribution in [0.25, 0.3) is 6.08 Å². The monoisotopic (exact) mass is 478 g/mol. The van der Waals surface area contributed by atoms with Gasteiger partial charge in [-0.1, -0.05) is 54.1 Å². The maximum atomic E-state index is 12.4. The summed E-state index contributed by atoms with van der Waals surface area (Å²) in [5.41, 5.74) is 2.06. The number of aliphatic imine (C=N–C) groups is 1. The lowest BCUT2D eigenvalue weighted by Crippen LogP contribution is -2.20. The molecule has 1 heterocycles. The molecule has 0 bridgehead atoms. The number of hydrogen-bond donors (Lipinski definition) is 1. The van der Waals surface area contributed by atoms with E-state index < -0.39 is 5.91 Å². The number of nitrogens with zero attached hydrogens (tertiary/aromatic N) is 1. The number of hydrogen-bond acceptors (Lipinski definition) is 5. The standard InChI is InChI=1S/C25H19ClN2O4S/c1-31-21-13-16(11-12-20(21)32-15-18-9-5-6-10-19(18)26)14-22-24(30)28-25(33-22)27-23(29)17-7-3-2-4-8-17/h2-14H,15H2,1H3,(H,27,28,29,30)/b22-14-. The van der Waals surface area contributed by atoms with E-state index in [1.807, 2.05) is 36.4 Å². The Hall–Kier alpha value is -3.55. The molecule has 0 saturated carbocycles. The fourth-order valence-corrected chi connectivity index (χ4v) is 4.04. The van der Waals surface area contributed by atoms with Crippen LogP contribution in [0.2, 0.25) is 5.02 Å². The topological polar surface area (TPSA) is 77.0 Å². The van der Waals surface area contributed by atoms with Crippen molar-refractivity contribution in [2.24, 2.45) is 4.99 Å². The summed E-state index contributed by atoms with van der Waals surface area (Å²) in [6, 6.07) is 21.5. The lowest BCUT2D eigenvalue weighted by molar-refractivity contribution is -0.115. The van der Waals surface area contributed by atoms with Gasteiger partial charge >= 0.3 is 0 Å². The Morgan fingerprint density at radius 2 is 1.82 bits per heavy atom. The summed E-state index contributed by atoms with van der Waals surface area (Å²) in [6.45, 7) is 0.296. The van der Waals surface area contributed by atoms with Crippen LogP contribution in [0, 0.1) is 0 Å². The molecule has 33 heavy (non-hydrogen) atoms. The van der Waals surface area contributed by atoms with E-state index in [1.165, 1.54) is 0 Å². The largest absolute Gasteiger partial charge is 0.493 e. The van der Waals surface area contributed by atoms with Crippen molar-refractivity contribution >= 4 is 46.4 Å². The van der Waals surface area contributed by atoms with Crippen molar-refractivity contribution in [2.45, 2.75) is 6.61 Å². The van der Waals surface area contributed by atoms with Crippen LogP contribution in [-0.4, -0.2) is 24.1 Å². The number of thioether (sulfide) groups is 1. The number of amidine groups is 1. The number of nitrogens with one attached hydrogen (secondary N) is 1. The molecule has 166 valence electrons. The van der Waals surface area contributed by atoms with Gasteiger partial charge in [-0.15, -0.1) is 0 Å². The molecule has 0 atom stereocenters. The van der Waals surface area contributed by atoms with Gasteiger partial charge in [0.15, 0.2) is 16.7 Å². The molecule has 1 saturated heterocycles. The molecule has 3 aromatic rings. The predicted octanol–water partition coefficient (Wildman–Crippen LogP) is 5.33. The number of methoxy groups -OCH3 is 1. The van der Waals surface area contributed by atoms with Crippen molar-refractivity contribution in [3.63, 3.8) is 0 Å². The number of rotatable bonds is 6. The maximum absolute atomic E-state index is 12.4. The van der Waals surface area contributed by atoms with E-state index in [1.54, 1.807) is 49.6 Å². The summed E-state index contributed by atoms with van der Waals surface area (Å²) in [6.07, 6.45) is 1.70. The van der Waals surface area contributed by atoms with Crippen LogP contribution in [0.4, 0.5) is 0 Å². The quantitative estimate of drug-likeness (QED) is 0.485. The van der Waals surface area contributed by atoms with Gasteiger partial charge in [0.05, 0.1) is 12.0 Å². The third-order valence-electron chi connectivity index (χ3n) is 4.70. The highest BCUT2D eigenvalue weighted by Gasteiger charge is 2.25. The molecule has 0 spiro atoms. The zero-order valence-corrected chi connectivity index (χ0v) is 19.2. The highest BCUT2D eigenvalue weighted by Crippen LogP contribution is 2.32. The van der Waals surface area contributed by atoms with E-state index in [0.29, 0.717) is 33.6 Å². The molecule has 3 aromatic carbocycles. The van der Waals surface area contributed by atoms with Crippen molar-refractivity contribution < 1.29 is 19.1 Å². The van der Waals surface area contributed by atoms with Gasteiger partial charge < -0.3 is 14.8 Å². The summed E-state index contributed by atoms with van der Waals surface area (Å²) < 4.78 is 11.3. The Balaban J connectivity index is 1.48. The minimum Gasteiger partial charge on any atom is -0.493 e. The number of carbonyl (C=O) groups excluding carboxylic acids is 2. The molecule has 4 rings (SSSR count). The first-order valence-electron chi connectivity index (χ1n) is 9.96. The SMILES string of the molecule is COc1cc(/C=C2\SC(=NC(=O)c3ccccc3)NC2=O)ccc1OCc1ccccc1Cl. The van der Waals surface area contributed by atoms with Crippen LogP contribution in [0.15, 0.2) is 82.7 Å². The minimum atomic E-state index is -0.415. The molecular formula is C25H19ClN2O4S. The minimum absolute atomic E-state index is 0.242. The van der Waals surface area contributed by atoms with Gasteiger partial charge in [0.25, 0.3) is 11.8 Å². The van der Waals surface area contributed by atoms with E-state index in [0.717, 1.165) is 22.9 Å². The molecule has 0 radical (unpaired) electrons. The van der Waals surface area contributed by atoms with Gasteiger partial charge in [-0.3, -0.25) is 9.59 Å². The van der Waals surface area contributed by atoms with E-state index in [9.17, 15) is 9.59 Å². The Morgan fingerprint density at radius 3 is 2.58 bits per heavy atom. The van der Waals surface area contributed by atoms with Crippen molar-refractivity contribution in [3.05, 3.63) is 99.4 Å². The summed E-state index contributed by atoms with van der Waals surface area (Å²) in [5.74, 6) is 0.339. The molecule has 0 aromatic heterocycles. The number of ether oxygens (including phenoxy) is 2. The summed E-state index contributed by atoms with van der Waals surface area (Å²) in [7, 11) is 1.55. The van der Waals surface area contributed by atoms with E-state index >= 15 is 0 Å². The van der Waals surface area contributed by atoms with Crippen LogP contribution >= 0.6 is 23.4 Å². The molecule has 1 fully saturated rings. The smallest absolute Gasteiger partial charge is 0.279 e. The summed E-state index contributed by atoms with van der Waals surface area (Å²) in [5, 5.41) is 3.50. The average molecular weight is 479 g/mol. The van der Waals surface area contributed by atoms with E-state index in [-0.39, 0.29) is 11.1 Å². The second-order valence-corrected chi connectivity index (χ2v) is 8.38. The number of amides is 2. The van der Waals surface area contributed by atoms with Crippen molar-refractivity contribution in [1.82, 2.24) is 5.32 Å². The third kappa shape index (κ3) is 5.63. The van der Waals surface area contributed by atoms with Gasteiger partial charge in [-0.05, 0) is 53.7 Å². The lowest BCUT2D eigenvalue weighted by Gasteiger charge is -2.12. The lowest BCUT2D eigenvalue weighted by atomic mass is 10.2. The van der Waals surface area contributed by atoms with Crippen LogP contribution in [-0.2, 0) is 11.4 Å². The Morgan fingerprint density at radius 1 is 1.06 bits per heavy atom. The normalized spacial score (nSPS) is 15.5. The van der Waals surface area contributed by atoms with Crippen molar-refractivity contribution in [2.75, 3.05) is 7.11 Å². The molecule has 6 nitrogen and oxygen atoms in total. The van der Waals surface area contributed by atoms with Crippen molar-refractivity contribution in [3.8, 4) is 11.5 Å². The van der Waals surface area contributed by atoms with E-state index in [2.05, 4.69) is 10.3 Å². The van der Waals surface area contributed by atoms with Gasteiger partial charge in [0.2, 0.25) is 0 Å². The third-order valence-corrected chi connectivity index (χ3v) is 5.98. The molecule has 1 aliphatic rings. The number of halogens is 1. The van der Waals surface area contributed by atoms with Crippen LogP contribution in [0.1, 0.15) is 21.5 Å². The molecular weight excluding hydrogens is 460 g/mol.